The van der Waals surface area contributed by atoms with Crippen LogP contribution in [0.2, 0.25) is 0 Å². The largest absolute Gasteiger partial charge is 0.426 e. The lowest BCUT2D eigenvalue weighted by Gasteiger charge is -2.29. The number of ether oxygens (including phenoxy) is 2. The lowest BCUT2D eigenvalue weighted by atomic mass is 9.92. The van der Waals surface area contributed by atoms with E-state index in [4.69, 9.17) is 4.74 Å². The second-order valence-electron chi connectivity index (χ2n) is 5.84. The summed E-state index contributed by atoms with van der Waals surface area (Å²) in [5, 5.41) is 0. The van der Waals surface area contributed by atoms with E-state index in [0.29, 0.717) is 18.1 Å². The predicted octanol–water partition coefficient (Wildman–Crippen LogP) is 5.85. The van der Waals surface area contributed by atoms with Gasteiger partial charge in [0.25, 0.3) is 6.08 Å². The van der Waals surface area contributed by atoms with Gasteiger partial charge in [-0.15, -0.1) is 0 Å². The molecule has 0 bridgehead atoms. The first-order chi connectivity index (χ1) is 11.3. The van der Waals surface area contributed by atoms with Crippen LogP contribution in [0.25, 0.3) is 0 Å². The maximum Gasteiger partial charge on any atom is 0.425 e. The van der Waals surface area contributed by atoms with E-state index in [1.165, 1.54) is 6.07 Å². The normalized spacial score (nSPS) is 21.4. The van der Waals surface area contributed by atoms with E-state index in [1.54, 1.807) is 0 Å². The van der Waals surface area contributed by atoms with Crippen LogP contribution in [-0.2, 0) is 4.74 Å². The van der Waals surface area contributed by atoms with Crippen molar-refractivity contribution in [2.45, 2.75) is 44.8 Å². The summed E-state index contributed by atoms with van der Waals surface area (Å²) in [6.45, 7) is 2.68. The Balaban J connectivity index is 2.04. The highest BCUT2D eigenvalue weighted by Crippen LogP contribution is 2.35. The minimum atomic E-state index is -4.28. The van der Waals surface area contributed by atoms with E-state index in [1.807, 2.05) is 0 Å². The SMILES string of the molecule is CCCC1CCC(c2ccc(OC(F)(F)C=C(F)F)c(F)c2)OC1. The molecule has 1 aromatic carbocycles. The van der Waals surface area contributed by atoms with E-state index in [2.05, 4.69) is 11.7 Å². The summed E-state index contributed by atoms with van der Waals surface area (Å²) in [5.41, 5.74) is 0.519. The van der Waals surface area contributed by atoms with E-state index < -0.39 is 29.8 Å². The average Bonchev–Trinajstić information content (AvgIpc) is 2.49. The first-order valence-electron chi connectivity index (χ1n) is 7.82. The molecule has 24 heavy (non-hydrogen) atoms. The zero-order valence-electron chi connectivity index (χ0n) is 13.2. The summed E-state index contributed by atoms with van der Waals surface area (Å²) in [5.74, 6) is -1.35. The van der Waals surface area contributed by atoms with E-state index >= 15 is 0 Å². The summed E-state index contributed by atoms with van der Waals surface area (Å²) in [6, 6.07) is 3.46. The van der Waals surface area contributed by atoms with E-state index in [0.717, 1.165) is 37.8 Å². The predicted molar refractivity (Wildman–Crippen MR) is 78.6 cm³/mol. The quantitative estimate of drug-likeness (QED) is 0.600. The Morgan fingerprint density at radius 1 is 1.33 bits per heavy atom. The number of hydrogen-bond donors (Lipinski definition) is 0. The van der Waals surface area contributed by atoms with Crippen molar-refractivity contribution in [2.75, 3.05) is 6.61 Å². The number of benzene rings is 1. The summed E-state index contributed by atoms with van der Waals surface area (Å²) < 4.78 is 73.8. The molecule has 1 heterocycles. The van der Waals surface area contributed by atoms with Gasteiger partial charge in [-0.25, -0.2) is 4.39 Å². The van der Waals surface area contributed by atoms with E-state index in [9.17, 15) is 22.0 Å². The van der Waals surface area contributed by atoms with Gasteiger partial charge in [-0.3, -0.25) is 0 Å². The minimum Gasteiger partial charge on any atom is -0.426 e. The van der Waals surface area contributed by atoms with Crippen LogP contribution in [0.5, 0.6) is 5.75 Å². The Morgan fingerprint density at radius 3 is 2.62 bits per heavy atom. The molecule has 0 saturated carbocycles. The van der Waals surface area contributed by atoms with Crippen LogP contribution >= 0.6 is 0 Å². The van der Waals surface area contributed by atoms with Crippen LogP contribution in [0.4, 0.5) is 22.0 Å². The standard InChI is InChI=1S/C17H19F5O2/c1-2-3-11-4-6-14(23-10-11)12-5-7-15(13(18)8-12)24-17(21,22)9-16(19)20/h5,7-9,11,14H,2-4,6,10H2,1H3. The lowest BCUT2D eigenvalue weighted by Crippen LogP contribution is -2.23. The highest BCUT2D eigenvalue weighted by Gasteiger charge is 2.32. The molecule has 0 amide bonds. The smallest absolute Gasteiger partial charge is 0.425 e. The Bertz CT molecular complexity index is 576. The number of alkyl halides is 2. The fraction of sp³-hybridized carbons (Fsp3) is 0.529. The van der Waals surface area contributed by atoms with Gasteiger partial charge in [-0.05, 0) is 42.9 Å². The molecular formula is C17H19F5O2. The molecule has 0 aliphatic carbocycles. The van der Waals surface area contributed by atoms with E-state index in [-0.39, 0.29) is 6.10 Å². The van der Waals surface area contributed by atoms with Crippen molar-refractivity contribution in [1.82, 2.24) is 0 Å². The van der Waals surface area contributed by atoms with Gasteiger partial charge < -0.3 is 9.47 Å². The summed E-state index contributed by atoms with van der Waals surface area (Å²) in [4.78, 5) is 0. The van der Waals surface area contributed by atoms with Crippen molar-refractivity contribution < 1.29 is 31.4 Å². The zero-order valence-corrected chi connectivity index (χ0v) is 13.2. The topological polar surface area (TPSA) is 18.5 Å². The molecule has 0 radical (unpaired) electrons. The van der Waals surface area contributed by atoms with Crippen LogP contribution in [0, 0.1) is 11.7 Å². The summed E-state index contributed by atoms with van der Waals surface area (Å²) in [6.07, 6.45) is -4.04. The molecule has 1 fully saturated rings. The third-order valence-electron chi connectivity index (χ3n) is 3.92. The molecule has 0 spiro atoms. The molecule has 1 saturated heterocycles. The Morgan fingerprint density at radius 2 is 2.08 bits per heavy atom. The Labute approximate surface area is 137 Å². The molecule has 2 nitrogen and oxygen atoms in total. The van der Waals surface area contributed by atoms with Crippen molar-refractivity contribution in [3.05, 3.63) is 41.7 Å². The van der Waals surface area contributed by atoms with Gasteiger partial charge in [-0.1, -0.05) is 19.4 Å². The summed E-state index contributed by atoms with van der Waals surface area (Å²) >= 11 is 0. The van der Waals surface area contributed by atoms with Crippen molar-refractivity contribution in [1.29, 1.82) is 0 Å². The number of rotatable bonds is 6. The average molecular weight is 350 g/mol. The van der Waals surface area contributed by atoms with Crippen molar-refractivity contribution in [2.24, 2.45) is 5.92 Å². The molecule has 0 aromatic heterocycles. The molecule has 134 valence electrons. The van der Waals surface area contributed by atoms with Crippen molar-refractivity contribution in [3.63, 3.8) is 0 Å². The monoisotopic (exact) mass is 350 g/mol. The number of hydrogen-bond acceptors (Lipinski definition) is 2. The van der Waals surface area contributed by atoms with Gasteiger partial charge in [0.15, 0.2) is 11.6 Å². The van der Waals surface area contributed by atoms with Gasteiger partial charge in [0.1, 0.15) is 0 Å². The highest BCUT2D eigenvalue weighted by atomic mass is 19.3. The zero-order chi connectivity index (χ0) is 17.7. The third-order valence-corrected chi connectivity index (χ3v) is 3.92. The van der Waals surface area contributed by atoms with Crippen molar-refractivity contribution in [3.8, 4) is 5.75 Å². The first kappa shape index (κ1) is 18.7. The first-order valence-corrected chi connectivity index (χ1v) is 7.82. The Kier molecular flexibility index (Phi) is 6.21. The van der Waals surface area contributed by atoms with Crippen LogP contribution in [0.3, 0.4) is 0 Å². The molecule has 7 heteroatoms. The molecule has 0 N–H and O–H groups in total. The Hall–Kier alpha value is -1.63. The number of halogens is 5. The van der Waals surface area contributed by atoms with Gasteiger partial charge in [0, 0.05) is 0 Å². The van der Waals surface area contributed by atoms with Crippen LogP contribution in [-0.4, -0.2) is 12.7 Å². The molecule has 2 rings (SSSR count). The lowest BCUT2D eigenvalue weighted by molar-refractivity contribution is -0.135. The molecule has 1 aromatic rings. The van der Waals surface area contributed by atoms with Crippen LogP contribution in [0.1, 0.15) is 44.3 Å². The molecule has 1 aliphatic rings. The maximum absolute atomic E-state index is 13.9. The molecule has 2 atom stereocenters. The second-order valence-corrected chi connectivity index (χ2v) is 5.84. The molecular weight excluding hydrogens is 331 g/mol. The fourth-order valence-electron chi connectivity index (χ4n) is 2.81. The molecule has 1 aliphatic heterocycles. The second kappa shape index (κ2) is 7.96. The van der Waals surface area contributed by atoms with Gasteiger partial charge in [0.2, 0.25) is 0 Å². The fourth-order valence-corrected chi connectivity index (χ4v) is 2.81. The summed E-state index contributed by atoms with van der Waals surface area (Å²) in [7, 11) is 0. The van der Waals surface area contributed by atoms with Crippen LogP contribution in [0.15, 0.2) is 30.4 Å². The van der Waals surface area contributed by atoms with Gasteiger partial charge >= 0.3 is 6.11 Å². The molecule has 2 unspecified atom stereocenters. The van der Waals surface area contributed by atoms with Crippen molar-refractivity contribution >= 4 is 0 Å². The highest BCUT2D eigenvalue weighted by molar-refractivity contribution is 5.31. The van der Waals surface area contributed by atoms with Gasteiger partial charge in [-0.2, -0.15) is 17.6 Å². The van der Waals surface area contributed by atoms with Gasteiger partial charge in [0.05, 0.1) is 18.8 Å². The maximum atomic E-state index is 13.9. The minimum absolute atomic E-state index is 0.301. The van der Waals surface area contributed by atoms with Crippen LogP contribution < -0.4 is 4.74 Å². The third kappa shape index (κ3) is 5.19.